The van der Waals surface area contributed by atoms with E-state index in [1.807, 2.05) is 12.1 Å². The van der Waals surface area contributed by atoms with Crippen LogP contribution in [-0.2, 0) is 4.74 Å². The Hall–Kier alpha value is -2.54. The molecular formula is C21H19Cl2N3O3. The number of hydrogen-bond donors (Lipinski definition) is 2. The third-order valence-electron chi connectivity index (χ3n) is 5.01. The van der Waals surface area contributed by atoms with Crippen LogP contribution in [0.2, 0.25) is 10.0 Å². The predicted octanol–water partition coefficient (Wildman–Crippen LogP) is 4.67. The first-order chi connectivity index (χ1) is 14.0. The summed E-state index contributed by atoms with van der Waals surface area (Å²) in [5.74, 6) is 0.0374. The van der Waals surface area contributed by atoms with E-state index in [1.54, 1.807) is 42.3 Å². The van der Waals surface area contributed by atoms with E-state index < -0.39 is 0 Å². The van der Waals surface area contributed by atoms with Crippen molar-refractivity contribution in [3.8, 4) is 17.0 Å². The zero-order chi connectivity index (χ0) is 20.5. The lowest BCUT2D eigenvalue weighted by Gasteiger charge is -2.26. The number of methoxy groups -OCH3 is 1. The smallest absolute Gasteiger partial charge is 0.273 e. The SMILES string of the molecule is COCCCN1C(=O)c2[nH]nc(-c3ccc(Cl)cc3Cl)c2C1c1ccc(O)cc1. The summed E-state index contributed by atoms with van der Waals surface area (Å²) in [6, 6.07) is 11.7. The molecule has 0 fully saturated rings. The second kappa shape index (κ2) is 8.06. The molecule has 6 nitrogen and oxygen atoms in total. The van der Waals surface area contributed by atoms with Crippen molar-refractivity contribution in [3.05, 3.63) is 69.3 Å². The van der Waals surface area contributed by atoms with E-state index in [2.05, 4.69) is 10.2 Å². The van der Waals surface area contributed by atoms with Crippen molar-refractivity contribution < 1.29 is 14.6 Å². The number of aromatic nitrogens is 2. The molecule has 1 unspecified atom stereocenters. The largest absolute Gasteiger partial charge is 0.508 e. The van der Waals surface area contributed by atoms with Gasteiger partial charge in [0.1, 0.15) is 17.1 Å². The topological polar surface area (TPSA) is 78.5 Å². The maximum atomic E-state index is 13.1. The second-order valence-corrected chi connectivity index (χ2v) is 7.67. The number of aromatic amines is 1. The van der Waals surface area contributed by atoms with Gasteiger partial charge in [-0.2, -0.15) is 5.10 Å². The van der Waals surface area contributed by atoms with Crippen LogP contribution in [0.15, 0.2) is 42.5 Å². The highest BCUT2D eigenvalue weighted by molar-refractivity contribution is 6.36. The molecule has 3 aromatic rings. The average molecular weight is 432 g/mol. The van der Waals surface area contributed by atoms with E-state index in [1.165, 1.54) is 0 Å². The molecule has 4 rings (SSSR count). The molecular weight excluding hydrogens is 413 g/mol. The van der Waals surface area contributed by atoms with E-state index in [0.29, 0.717) is 46.6 Å². The Morgan fingerprint density at radius 1 is 1.21 bits per heavy atom. The minimum absolute atomic E-state index is 0.127. The normalized spacial score (nSPS) is 15.8. The molecule has 8 heteroatoms. The summed E-state index contributed by atoms with van der Waals surface area (Å²) < 4.78 is 5.15. The van der Waals surface area contributed by atoms with Gasteiger partial charge >= 0.3 is 0 Å². The number of phenols is 1. The van der Waals surface area contributed by atoms with E-state index in [-0.39, 0.29) is 17.7 Å². The quantitative estimate of drug-likeness (QED) is 0.555. The van der Waals surface area contributed by atoms with E-state index in [4.69, 9.17) is 27.9 Å². The van der Waals surface area contributed by atoms with Gasteiger partial charge in [-0.25, -0.2) is 0 Å². The van der Waals surface area contributed by atoms with Crippen LogP contribution in [0, 0.1) is 0 Å². The fourth-order valence-electron chi connectivity index (χ4n) is 3.70. The Morgan fingerprint density at radius 3 is 2.66 bits per heavy atom. The molecule has 2 heterocycles. The molecule has 1 aliphatic rings. The van der Waals surface area contributed by atoms with E-state index in [0.717, 1.165) is 11.1 Å². The molecule has 0 radical (unpaired) electrons. The van der Waals surface area contributed by atoms with Crippen molar-refractivity contribution in [2.75, 3.05) is 20.3 Å². The number of hydrogen-bond acceptors (Lipinski definition) is 4. The first-order valence-electron chi connectivity index (χ1n) is 9.13. The van der Waals surface area contributed by atoms with Crippen LogP contribution in [0.5, 0.6) is 5.75 Å². The zero-order valence-corrected chi connectivity index (χ0v) is 17.2. The Kier molecular flexibility index (Phi) is 5.50. The van der Waals surface area contributed by atoms with Crippen molar-refractivity contribution in [1.29, 1.82) is 0 Å². The van der Waals surface area contributed by atoms with Crippen molar-refractivity contribution in [3.63, 3.8) is 0 Å². The number of rotatable bonds is 6. The number of carbonyl (C=O) groups excluding carboxylic acids is 1. The molecule has 0 aliphatic carbocycles. The van der Waals surface area contributed by atoms with Crippen molar-refractivity contribution >= 4 is 29.1 Å². The fraction of sp³-hybridized carbons (Fsp3) is 0.238. The number of ether oxygens (including phenoxy) is 1. The summed E-state index contributed by atoms with van der Waals surface area (Å²) in [6.45, 7) is 1.07. The van der Waals surface area contributed by atoms with Crippen LogP contribution < -0.4 is 0 Å². The van der Waals surface area contributed by atoms with Gasteiger partial charge < -0.3 is 14.7 Å². The Bertz CT molecular complexity index is 1050. The summed E-state index contributed by atoms with van der Waals surface area (Å²) in [6.07, 6.45) is 0.700. The van der Waals surface area contributed by atoms with E-state index >= 15 is 0 Å². The zero-order valence-electron chi connectivity index (χ0n) is 15.7. The lowest BCUT2D eigenvalue weighted by Crippen LogP contribution is -2.31. The number of aromatic hydroxyl groups is 1. The molecule has 150 valence electrons. The molecule has 0 saturated carbocycles. The summed E-state index contributed by atoms with van der Waals surface area (Å²) in [5.41, 5.74) is 3.40. The third-order valence-corrected chi connectivity index (χ3v) is 5.55. The van der Waals surface area contributed by atoms with Gasteiger partial charge in [0.2, 0.25) is 0 Å². The number of halogens is 2. The van der Waals surface area contributed by atoms with Gasteiger partial charge in [-0.05, 0) is 42.3 Å². The monoisotopic (exact) mass is 431 g/mol. The Morgan fingerprint density at radius 2 is 1.97 bits per heavy atom. The van der Waals surface area contributed by atoms with Gasteiger partial charge in [-0.15, -0.1) is 0 Å². The molecule has 1 amide bonds. The first-order valence-corrected chi connectivity index (χ1v) is 9.89. The molecule has 2 aromatic carbocycles. The number of amides is 1. The number of nitrogens with zero attached hydrogens (tertiary/aromatic N) is 2. The Balaban J connectivity index is 1.83. The standard InChI is InChI=1S/C21H19Cl2N3O3/c1-29-10-2-9-26-20(12-3-6-14(27)7-4-12)17-18(24-25-19(17)21(26)28)15-8-5-13(22)11-16(15)23/h3-8,11,20,27H,2,9-10H2,1H3,(H,24,25). The molecule has 1 atom stereocenters. The number of benzene rings is 2. The summed E-state index contributed by atoms with van der Waals surface area (Å²) in [5, 5.41) is 18.0. The van der Waals surface area contributed by atoms with Gasteiger partial charge in [0.15, 0.2) is 0 Å². The summed E-state index contributed by atoms with van der Waals surface area (Å²) in [7, 11) is 1.64. The molecule has 0 bridgehead atoms. The second-order valence-electron chi connectivity index (χ2n) is 6.82. The first kappa shape index (κ1) is 19.8. The maximum Gasteiger partial charge on any atom is 0.273 e. The minimum atomic E-state index is -0.351. The van der Waals surface area contributed by atoms with E-state index in [9.17, 15) is 9.90 Å². The van der Waals surface area contributed by atoms with Crippen LogP contribution >= 0.6 is 23.2 Å². The highest BCUT2D eigenvalue weighted by Gasteiger charge is 2.42. The maximum absolute atomic E-state index is 13.1. The molecule has 29 heavy (non-hydrogen) atoms. The number of nitrogens with one attached hydrogen (secondary N) is 1. The number of phenolic OH excluding ortho intramolecular Hbond substituents is 1. The molecule has 0 saturated heterocycles. The highest BCUT2D eigenvalue weighted by Crippen LogP contribution is 2.44. The van der Waals surface area contributed by atoms with Gasteiger partial charge in [-0.3, -0.25) is 9.89 Å². The van der Waals surface area contributed by atoms with Gasteiger partial charge in [0.25, 0.3) is 5.91 Å². The van der Waals surface area contributed by atoms with Crippen LogP contribution in [0.25, 0.3) is 11.3 Å². The van der Waals surface area contributed by atoms with Gasteiger partial charge in [0.05, 0.1) is 11.1 Å². The van der Waals surface area contributed by atoms with Crippen LogP contribution in [0.1, 0.15) is 34.1 Å². The fourth-order valence-corrected chi connectivity index (χ4v) is 4.19. The van der Waals surface area contributed by atoms with Crippen LogP contribution in [0.3, 0.4) is 0 Å². The van der Waals surface area contributed by atoms with Gasteiger partial charge in [-0.1, -0.05) is 35.3 Å². The molecule has 2 N–H and O–H groups in total. The van der Waals surface area contributed by atoms with Crippen molar-refractivity contribution in [2.24, 2.45) is 0 Å². The van der Waals surface area contributed by atoms with Crippen LogP contribution in [0.4, 0.5) is 0 Å². The van der Waals surface area contributed by atoms with Crippen LogP contribution in [-0.4, -0.2) is 46.4 Å². The Labute approximate surface area is 178 Å². The average Bonchev–Trinajstić information content (AvgIpc) is 3.23. The molecule has 1 aromatic heterocycles. The van der Waals surface area contributed by atoms with Crippen molar-refractivity contribution in [2.45, 2.75) is 12.5 Å². The summed E-state index contributed by atoms with van der Waals surface area (Å²) >= 11 is 12.5. The highest BCUT2D eigenvalue weighted by atomic mass is 35.5. The number of fused-ring (bicyclic) bond motifs is 1. The summed E-state index contributed by atoms with van der Waals surface area (Å²) in [4.78, 5) is 14.9. The lowest BCUT2D eigenvalue weighted by molar-refractivity contribution is 0.0723. The number of H-pyrrole nitrogens is 1. The molecule has 0 spiro atoms. The predicted molar refractivity (Wildman–Crippen MR) is 112 cm³/mol. The number of carbonyl (C=O) groups is 1. The lowest BCUT2D eigenvalue weighted by atomic mass is 9.96. The van der Waals surface area contributed by atoms with Gasteiger partial charge in [0, 0.05) is 36.4 Å². The third kappa shape index (κ3) is 3.59. The molecule has 1 aliphatic heterocycles. The van der Waals surface area contributed by atoms with Crippen molar-refractivity contribution in [1.82, 2.24) is 15.1 Å². The minimum Gasteiger partial charge on any atom is -0.508 e.